The third-order valence-electron chi connectivity index (χ3n) is 5.64. The van der Waals surface area contributed by atoms with Crippen LogP contribution in [0.2, 0.25) is 0 Å². The van der Waals surface area contributed by atoms with Crippen molar-refractivity contribution in [2.75, 3.05) is 19.7 Å². The highest BCUT2D eigenvalue weighted by Crippen LogP contribution is 2.28. The van der Waals surface area contributed by atoms with Gasteiger partial charge in [0.2, 0.25) is 5.91 Å². The molecule has 1 aliphatic heterocycles. The molecule has 5 heteroatoms. The Morgan fingerprint density at radius 2 is 2.10 bits per heavy atom. The van der Waals surface area contributed by atoms with Crippen molar-refractivity contribution in [3.05, 3.63) is 64.7 Å². The minimum atomic E-state index is 0.137. The number of amides is 1. The monoisotopic (exact) mass is 389 g/mol. The molecule has 0 saturated heterocycles. The maximum absolute atomic E-state index is 12.0. The molecule has 0 unspecified atom stereocenters. The Kier molecular flexibility index (Phi) is 6.12. The second-order valence-corrected chi connectivity index (χ2v) is 8.02. The van der Waals surface area contributed by atoms with Gasteiger partial charge >= 0.3 is 0 Å². The number of ether oxygens (including phenoxy) is 1. The predicted molar refractivity (Wildman–Crippen MR) is 111 cm³/mol. The van der Waals surface area contributed by atoms with Crippen LogP contribution in [-0.2, 0) is 24.3 Å². The van der Waals surface area contributed by atoms with Crippen molar-refractivity contribution in [1.82, 2.24) is 10.2 Å². The first kappa shape index (κ1) is 19.5. The molecule has 0 aromatic heterocycles. The van der Waals surface area contributed by atoms with Crippen LogP contribution in [0.25, 0.3) is 0 Å². The molecule has 2 aromatic carbocycles. The Balaban J connectivity index is 1.39. The molecule has 1 fully saturated rings. The van der Waals surface area contributed by atoms with Crippen molar-refractivity contribution in [3.63, 3.8) is 0 Å². The van der Waals surface area contributed by atoms with E-state index in [4.69, 9.17) is 4.74 Å². The van der Waals surface area contributed by atoms with Crippen molar-refractivity contribution < 1.29 is 9.53 Å². The van der Waals surface area contributed by atoms with E-state index in [9.17, 15) is 10.1 Å². The molecule has 5 nitrogen and oxygen atoms in total. The maximum atomic E-state index is 12.0. The number of carbonyl (C=O) groups excluding carboxylic acids is 1. The topological polar surface area (TPSA) is 65.4 Å². The molecule has 0 radical (unpaired) electrons. The molecule has 29 heavy (non-hydrogen) atoms. The van der Waals surface area contributed by atoms with Crippen LogP contribution in [0.15, 0.2) is 42.5 Å². The summed E-state index contributed by atoms with van der Waals surface area (Å²) in [6.07, 6.45) is 3.76. The summed E-state index contributed by atoms with van der Waals surface area (Å²) < 4.78 is 5.94. The van der Waals surface area contributed by atoms with Crippen LogP contribution in [-0.4, -0.2) is 30.5 Å². The van der Waals surface area contributed by atoms with E-state index in [1.54, 1.807) is 0 Å². The van der Waals surface area contributed by atoms with Gasteiger partial charge in [0.25, 0.3) is 0 Å². The SMILES string of the molecule is N#Cc1ccccc1CN1CCOc2ccc(CCC(=O)NCC3CC3)cc2C1. The third-order valence-corrected chi connectivity index (χ3v) is 5.64. The van der Waals surface area contributed by atoms with Gasteiger partial charge in [0.1, 0.15) is 12.4 Å². The summed E-state index contributed by atoms with van der Waals surface area (Å²) in [5.74, 6) is 1.77. The summed E-state index contributed by atoms with van der Waals surface area (Å²) in [6.45, 7) is 3.77. The zero-order valence-electron chi connectivity index (χ0n) is 16.7. The van der Waals surface area contributed by atoms with Gasteiger partial charge in [-0.1, -0.05) is 30.3 Å². The second kappa shape index (κ2) is 9.11. The van der Waals surface area contributed by atoms with Gasteiger partial charge in [0, 0.05) is 38.2 Å². The van der Waals surface area contributed by atoms with Gasteiger partial charge in [-0.2, -0.15) is 5.26 Å². The minimum absolute atomic E-state index is 0.137. The van der Waals surface area contributed by atoms with Crippen LogP contribution < -0.4 is 10.1 Å². The van der Waals surface area contributed by atoms with E-state index in [1.165, 1.54) is 12.8 Å². The van der Waals surface area contributed by atoms with E-state index >= 15 is 0 Å². The van der Waals surface area contributed by atoms with Crippen LogP contribution in [0.4, 0.5) is 0 Å². The van der Waals surface area contributed by atoms with Gasteiger partial charge in [-0.25, -0.2) is 0 Å². The summed E-state index contributed by atoms with van der Waals surface area (Å²) in [5, 5.41) is 12.4. The Bertz CT molecular complexity index is 915. The van der Waals surface area contributed by atoms with E-state index in [1.807, 2.05) is 30.3 Å². The minimum Gasteiger partial charge on any atom is -0.492 e. The second-order valence-electron chi connectivity index (χ2n) is 8.02. The van der Waals surface area contributed by atoms with Crippen molar-refractivity contribution in [2.45, 2.75) is 38.8 Å². The highest BCUT2D eigenvalue weighted by molar-refractivity contribution is 5.76. The van der Waals surface area contributed by atoms with Crippen molar-refractivity contribution in [3.8, 4) is 11.8 Å². The number of hydrogen-bond acceptors (Lipinski definition) is 4. The van der Waals surface area contributed by atoms with E-state index < -0.39 is 0 Å². The van der Waals surface area contributed by atoms with Gasteiger partial charge in [-0.3, -0.25) is 9.69 Å². The fourth-order valence-electron chi connectivity index (χ4n) is 3.73. The molecule has 0 bridgehead atoms. The number of nitrogens with zero attached hydrogens (tertiary/aromatic N) is 2. The fraction of sp³-hybridized carbons (Fsp3) is 0.417. The van der Waals surface area contributed by atoms with Crippen LogP contribution in [0.1, 0.15) is 41.5 Å². The maximum Gasteiger partial charge on any atom is 0.220 e. The largest absolute Gasteiger partial charge is 0.492 e. The fourth-order valence-corrected chi connectivity index (χ4v) is 3.73. The average Bonchev–Trinajstić information content (AvgIpc) is 3.58. The summed E-state index contributed by atoms with van der Waals surface area (Å²) in [4.78, 5) is 14.4. The molecule has 2 aromatic rings. The number of nitriles is 1. The number of fused-ring (bicyclic) bond motifs is 1. The Labute approximate surface area is 172 Å². The number of carbonyl (C=O) groups is 1. The smallest absolute Gasteiger partial charge is 0.220 e. The zero-order chi connectivity index (χ0) is 20.1. The highest BCUT2D eigenvalue weighted by Gasteiger charge is 2.21. The Morgan fingerprint density at radius 3 is 2.93 bits per heavy atom. The first-order valence-corrected chi connectivity index (χ1v) is 10.4. The molecule has 1 aliphatic carbocycles. The molecule has 0 atom stereocenters. The van der Waals surface area contributed by atoms with Crippen molar-refractivity contribution in [2.24, 2.45) is 5.92 Å². The summed E-state index contributed by atoms with van der Waals surface area (Å²) in [6, 6.07) is 16.3. The quantitative estimate of drug-likeness (QED) is 0.788. The van der Waals surface area contributed by atoms with Gasteiger partial charge in [-0.05, 0) is 48.4 Å². The lowest BCUT2D eigenvalue weighted by Crippen LogP contribution is -2.26. The van der Waals surface area contributed by atoms with Crippen LogP contribution in [0.5, 0.6) is 5.75 Å². The zero-order valence-corrected chi connectivity index (χ0v) is 16.7. The van der Waals surface area contributed by atoms with Crippen molar-refractivity contribution in [1.29, 1.82) is 5.26 Å². The third kappa shape index (κ3) is 5.36. The van der Waals surface area contributed by atoms with Gasteiger partial charge in [0.05, 0.1) is 11.6 Å². The van der Waals surface area contributed by atoms with E-state index in [-0.39, 0.29) is 5.91 Å². The van der Waals surface area contributed by atoms with E-state index in [0.29, 0.717) is 18.9 Å². The molecule has 1 amide bonds. The molecular formula is C24H27N3O2. The Hall–Kier alpha value is -2.84. The lowest BCUT2D eigenvalue weighted by Gasteiger charge is -2.20. The molecule has 4 rings (SSSR count). The van der Waals surface area contributed by atoms with E-state index in [2.05, 4.69) is 28.4 Å². The number of aryl methyl sites for hydroxylation is 1. The van der Waals surface area contributed by atoms with Crippen LogP contribution >= 0.6 is 0 Å². The lowest BCUT2D eigenvalue weighted by atomic mass is 10.0. The lowest BCUT2D eigenvalue weighted by molar-refractivity contribution is -0.121. The standard InChI is InChI=1S/C24H27N3O2/c25-14-20-3-1-2-4-21(20)16-27-11-12-29-23-9-7-18(13-22(23)17-27)8-10-24(28)26-15-19-5-6-19/h1-4,7,9,13,19H,5-6,8,10-12,15-17H2,(H,26,28). The average molecular weight is 389 g/mol. The first-order chi connectivity index (χ1) is 14.2. The molecule has 2 aliphatic rings. The van der Waals surface area contributed by atoms with Gasteiger partial charge < -0.3 is 10.1 Å². The normalized spacial score (nSPS) is 16.2. The van der Waals surface area contributed by atoms with Crippen LogP contribution in [0, 0.1) is 17.2 Å². The highest BCUT2D eigenvalue weighted by atomic mass is 16.5. The Morgan fingerprint density at radius 1 is 1.24 bits per heavy atom. The van der Waals surface area contributed by atoms with Gasteiger partial charge in [-0.15, -0.1) is 0 Å². The predicted octanol–water partition coefficient (Wildman–Crippen LogP) is 3.41. The number of hydrogen-bond donors (Lipinski definition) is 1. The summed E-state index contributed by atoms with van der Waals surface area (Å²) in [7, 11) is 0. The number of benzene rings is 2. The van der Waals surface area contributed by atoms with Crippen molar-refractivity contribution >= 4 is 5.91 Å². The molecular weight excluding hydrogens is 362 g/mol. The summed E-state index contributed by atoms with van der Waals surface area (Å²) >= 11 is 0. The van der Waals surface area contributed by atoms with Gasteiger partial charge in [0.15, 0.2) is 0 Å². The molecule has 1 N–H and O–H groups in total. The molecule has 0 spiro atoms. The molecule has 150 valence electrons. The first-order valence-electron chi connectivity index (χ1n) is 10.4. The summed E-state index contributed by atoms with van der Waals surface area (Å²) in [5.41, 5.74) is 4.08. The number of rotatable bonds is 7. The molecule has 1 saturated carbocycles. The number of nitrogens with one attached hydrogen (secondary N) is 1. The van der Waals surface area contributed by atoms with E-state index in [0.717, 1.165) is 60.6 Å². The molecule has 1 heterocycles. The van der Waals surface area contributed by atoms with Crippen LogP contribution in [0.3, 0.4) is 0 Å².